The van der Waals surface area contributed by atoms with Gasteiger partial charge in [0.25, 0.3) is 5.56 Å². The van der Waals surface area contributed by atoms with Gasteiger partial charge in [0.2, 0.25) is 5.91 Å². The van der Waals surface area contributed by atoms with Crippen LogP contribution in [0.25, 0.3) is 10.2 Å². The Morgan fingerprint density at radius 1 is 1.22 bits per heavy atom. The maximum Gasteiger partial charge on any atom is 0.272 e. The summed E-state index contributed by atoms with van der Waals surface area (Å²) in [5, 5.41) is 5.82. The number of nitrogens with zero attached hydrogens (tertiary/aromatic N) is 2. The molecule has 2 aromatic heterocycles. The molecule has 1 amide bonds. The summed E-state index contributed by atoms with van der Waals surface area (Å²) in [4.78, 5) is 30.2. The molecule has 4 aromatic rings. The maximum atomic E-state index is 13.1. The lowest BCUT2D eigenvalue weighted by molar-refractivity contribution is -0.118. The molecule has 0 aliphatic heterocycles. The third-order valence-corrected chi connectivity index (χ3v) is 7.01. The van der Waals surface area contributed by atoms with Crippen LogP contribution in [0.1, 0.15) is 11.1 Å². The van der Waals surface area contributed by atoms with E-state index in [0.717, 1.165) is 11.1 Å². The number of carbonyl (C=O) groups excluding carboxylic acids is 1. The first kappa shape index (κ1) is 22.4. The fourth-order valence-electron chi connectivity index (χ4n) is 3.14. The average molecular weight is 486 g/mol. The number of thiophene rings is 1. The van der Waals surface area contributed by atoms with E-state index in [1.165, 1.54) is 23.1 Å². The molecule has 0 atom stereocenters. The number of hydrogen-bond donors (Lipinski definition) is 1. The van der Waals surface area contributed by atoms with Crippen molar-refractivity contribution in [3.8, 4) is 5.75 Å². The van der Waals surface area contributed by atoms with Crippen molar-refractivity contribution in [2.45, 2.75) is 18.2 Å². The monoisotopic (exact) mass is 485 g/mol. The molecule has 0 fully saturated rings. The van der Waals surface area contributed by atoms with Gasteiger partial charge in [-0.15, -0.1) is 11.3 Å². The van der Waals surface area contributed by atoms with E-state index in [0.29, 0.717) is 39.2 Å². The van der Waals surface area contributed by atoms with E-state index in [4.69, 9.17) is 16.3 Å². The number of nitrogens with one attached hydrogen (secondary N) is 1. The highest BCUT2D eigenvalue weighted by molar-refractivity contribution is 7.99. The number of carbonyl (C=O) groups is 1. The zero-order valence-electron chi connectivity index (χ0n) is 17.2. The van der Waals surface area contributed by atoms with Crippen molar-refractivity contribution < 1.29 is 9.53 Å². The van der Waals surface area contributed by atoms with Crippen LogP contribution in [-0.2, 0) is 17.9 Å². The summed E-state index contributed by atoms with van der Waals surface area (Å²) in [5.74, 6) is 0.682. The highest BCUT2D eigenvalue weighted by atomic mass is 35.5. The third kappa shape index (κ3) is 5.15. The summed E-state index contributed by atoms with van der Waals surface area (Å²) in [6.07, 6.45) is 0. The molecule has 164 valence electrons. The molecule has 0 radical (unpaired) electrons. The van der Waals surface area contributed by atoms with Gasteiger partial charge in [0.15, 0.2) is 5.16 Å². The van der Waals surface area contributed by atoms with Gasteiger partial charge < -0.3 is 10.1 Å². The lowest BCUT2D eigenvalue weighted by atomic mass is 10.2. The number of halogens is 1. The number of rotatable bonds is 8. The Labute approximate surface area is 198 Å². The number of thioether (sulfide) groups is 1. The zero-order chi connectivity index (χ0) is 22.5. The number of fused-ring (bicyclic) bond motifs is 1. The smallest absolute Gasteiger partial charge is 0.272 e. The second-order valence-electron chi connectivity index (χ2n) is 6.93. The first-order chi connectivity index (χ1) is 15.5. The summed E-state index contributed by atoms with van der Waals surface area (Å²) >= 11 is 8.75. The molecule has 0 aliphatic rings. The Morgan fingerprint density at radius 2 is 2.06 bits per heavy atom. The van der Waals surface area contributed by atoms with Gasteiger partial charge in [-0.1, -0.05) is 53.7 Å². The Morgan fingerprint density at radius 3 is 2.88 bits per heavy atom. The van der Waals surface area contributed by atoms with Gasteiger partial charge in [-0.25, -0.2) is 4.98 Å². The fourth-order valence-corrected chi connectivity index (χ4v) is 4.95. The van der Waals surface area contributed by atoms with Crippen LogP contribution >= 0.6 is 34.7 Å². The molecule has 0 bridgehead atoms. The standard InChI is InChI=1S/C23H20ClN3O3S2/c1-30-17-7-4-5-15(11-17)13-27-22(29)21-19(9-10-31-21)26-23(27)32-14-20(28)25-12-16-6-2-3-8-18(16)24/h2-11H,12-14H2,1H3,(H,25,28). The molecule has 2 heterocycles. The number of benzene rings is 2. The molecule has 2 aromatic carbocycles. The Kier molecular flexibility index (Phi) is 7.14. The number of amides is 1. The molecule has 9 heteroatoms. The topological polar surface area (TPSA) is 73.2 Å². The molecule has 1 N–H and O–H groups in total. The lowest BCUT2D eigenvalue weighted by Gasteiger charge is -2.13. The van der Waals surface area contributed by atoms with E-state index in [2.05, 4.69) is 10.3 Å². The second kappa shape index (κ2) is 10.2. The molecule has 6 nitrogen and oxygen atoms in total. The molecule has 0 unspecified atom stereocenters. The Balaban J connectivity index is 1.53. The van der Waals surface area contributed by atoms with Crippen molar-refractivity contribution in [1.29, 1.82) is 0 Å². The number of aromatic nitrogens is 2. The van der Waals surface area contributed by atoms with Crippen molar-refractivity contribution in [3.63, 3.8) is 0 Å². The SMILES string of the molecule is COc1cccc(Cn2c(SCC(=O)NCc3ccccc3Cl)nc3ccsc3c2=O)c1. The van der Waals surface area contributed by atoms with Crippen LogP contribution in [0.2, 0.25) is 5.02 Å². The van der Waals surface area contributed by atoms with Crippen LogP contribution in [0.15, 0.2) is 69.9 Å². The maximum absolute atomic E-state index is 13.1. The van der Waals surface area contributed by atoms with Gasteiger partial charge >= 0.3 is 0 Å². The highest BCUT2D eigenvalue weighted by Gasteiger charge is 2.15. The number of ether oxygens (including phenoxy) is 1. The van der Waals surface area contributed by atoms with E-state index in [9.17, 15) is 9.59 Å². The van der Waals surface area contributed by atoms with Crippen molar-refractivity contribution in [2.24, 2.45) is 0 Å². The number of hydrogen-bond acceptors (Lipinski definition) is 6. The minimum atomic E-state index is -0.164. The van der Waals surface area contributed by atoms with E-state index < -0.39 is 0 Å². The van der Waals surface area contributed by atoms with Gasteiger partial charge in [-0.2, -0.15) is 0 Å². The van der Waals surface area contributed by atoms with Crippen LogP contribution in [0, 0.1) is 0 Å². The van der Waals surface area contributed by atoms with Gasteiger partial charge in [-0.05, 0) is 40.8 Å². The van der Waals surface area contributed by atoms with Crippen LogP contribution in [0.5, 0.6) is 5.75 Å². The molecule has 0 saturated heterocycles. The average Bonchev–Trinajstić information content (AvgIpc) is 3.28. The van der Waals surface area contributed by atoms with Crippen molar-refractivity contribution in [2.75, 3.05) is 12.9 Å². The predicted molar refractivity (Wildman–Crippen MR) is 130 cm³/mol. The quantitative estimate of drug-likeness (QED) is 0.292. The molecule has 0 aliphatic carbocycles. The Hall–Kier alpha value is -2.81. The van der Waals surface area contributed by atoms with E-state index >= 15 is 0 Å². The van der Waals surface area contributed by atoms with Crippen LogP contribution in [0.3, 0.4) is 0 Å². The van der Waals surface area contributed by atoms with Crippen molar-refractivity contribution in [1.82, 2.24) is 14.9 Å². The molecule has 0 saturated carbocycles. The van der Waals surface area contributed by atoms with Crippen molar-refractivity contribution in [3.05, 3.63) is 86.5 Å². The van der Waals surface area contributed by atoms with Gasteiger partial charge in [0.05, 0.1) is 24.9 Å². The van der Waals surface area contributed by atoms with E-state index in [-0.39, 0.29) is 17.2 Å². The van der Waals surface area contributed by atoms with E-state index in [1.807, 2.05) is 53.9 Å². The van der Waals surface area contributed by atoms with E-state index in [1.54, 1.807) is 17.7 Å². The lowest BCUT2D eigenvalue weighted by Crippen LogP contribution is -2.27. The number of methoxy groups -OCH3 is 1. The van der Waals surface area contributed by atoms with Crippen LogP contribution < -0.4 is 15.6 Å². The largest absolute Gasteiger partial charge is 0.497 e. The van der Waals surface area contributed by atoms with Crippen molar-refractivity contribution >= 4 is 50.8 Å². The zero-order valence-corrected chi connectivity index (χ0v) is 19.6. The molecular formula is C23H20ClN3O3S2. The summed E-state index contributed by atoms with van der Waals surface area (Å²) in [6.45, 7) is 0.674. The fraction of sp³-hybridized carbons (Fsp3) is 0.174. The van der Waals surface area contributed by atoms with Gasteiger partial charge in [-0.3, -0.25) is 14.2 Å². The van der Waals surface area contributed by atoms with Crippen LogP contribution in [0.4, 0.5) is 0 Å². The highest BCUT2D eigenvalue weighted by Crippen LogP contribution is 2.23. The molecule has 0 spiro atoms. The third-order valence-electron chi connectivity index (χ3n) is 4.77. The minimum Gasteiger partial charge on any atom is -0.497 e. The molecule has 32 heavy (non-hydrogen) atoms. The van der Waals surface area contributed by atoms with Gasteiger partial charge in [0, 0.05) is 11.6 Å². The summed E-state index contributed by atoms with van der Waals surface area (Å²) in [6, 6.07) is 16.7. The van der Waals surface area contributed by atoms with Gasteiger partial charge in [0.1, 0.15) is 10.4 Å². The normalized spacial score (nSPS) is 10.9. The Bertz CT molecular complexity index is 1320. The minimum absolute atomic E-state index is 0.119. The van der Waals surface area contributed by atoms with Crippen LogP contribution in [-0.4, -0.2) is 28.3 Å². The first-order valence-corrected chi connectivity index (χ1v) is 12.0. The first-order valence-electron chi connectivity index (χ1n) is 9.79. The molecule has 4 rings (SSSR count). The summed E-state index contributed by atoms with van der Waals surface area (Å²) in [7, 11) is 1.60. The molecular weight excluding hydrogens is 466 g/mol. The summed E-state index contributed by atoms with van der Waals surface area (Å²) in [5.41, 5.74) is 2.28. The predicted octanol–water partition coefficient (Wildman–Crippen LogP) is 4.58. The summed E-state index contributed by atoms with van der Waals surface area (Å²) < 4.78 is 7.50. The second-order valence-corrected chi connectivity index (χ2v) is 9.19.